The van der Waals surface area contributed by atoms with Crippen molar-refractivity contribution in [3.8, 4) is 5.75 Å². The summed E-state index contributed by atoms with van der Waals surface area (Å²) in [6.45, 7) is 9.06. The maximum Gasteiger partial charge on any atom is 0.407 e. The SMILES string of the molecule is CC(Cc1ccccc1)C(O)CNCC(O)C(Cc1ccc(OCC(=O)C2CCOCC2)cc1)NC(=O)OC(C)(C)C. The minimum Gasteiger partial charge on any atom is -0.486 e. The predicted molar refractivity (Wildman–Crippen MR) is 162 cm³/mol. The van der Waals surface area contributed by atoms with E-state index in [1.807, 2.05) is 49.4 Å². The molecule has 9 heteroatoms. The van der Waals surface area contributed by atoms with E-state index in [2.05, 4.69) is 10.6 Å². The van der Waals surface area contributed by atoms with Gasteiger partial charge in [0.2, 0.25) is 0 Å². The highest BCUT2D eigenvalue weighted by atomic mass is 16.6. The number of hydrogen-bond acceptors (Lipinski definition) is 8. The molecule has 3 rings (SSSR count). The molecule has 0 radical (unpaired) electrons. The van der Waals surface area contributed by atoms with Crippen LogP contribution < -0.4 is 15.4 Å². The van der Waals surface area contributed by atoms with Gasteiger partial charge in [0, 0.05) is 32.2 Å². The summed E-state index contributed by atoms with van der Waals surface area (Å²) in [6, 6.07) is 16.6. The van der Waals surface area contributed by atoms with Gasteiger partial charge in [0.15, 0.2) is 5.78 Å². The van der Waals surface area contributed by atoms with Crippen LogP contribution in [0.4, 0.5) is 4.79 Å². The molecule has 1 heterocycles. The highest BCUT2D eigenvalue weighted by Crippen LogP contribution is 2.19. The first-order chi connectivity index (χ1) is 20.0. The van der Waals surface area contributed by atoms with Crippen molar-refractivity contribution in [2.45, 2.75) is 77.2 Å². The fourth-order valence-corrected chi connectivity index (χ4v) is 4.85. The Balaban J connectivity index is 1.53. The molecular weight excluding hydrogens is 536 g/mol. The average Bonchev–Trinajstić information content (AvgIpc) is 2.96. The number of benzene rings is 2. The summed E-state index contributed by atoms with van der Waals surface area (Å²) in [7, 11) is 0. The van der Waals surface area contributed by atoms with Crippen LogP contribution in [0, 0.1) is 11.8 Å². The Morgan fingerprint density at radius 1 is 0.929 bits per heavy atom. The first-order valence-electron chi connectivity index (χ1n) is 14.9. The van der Waals surface area contributed by atoms with Crippen LogP contribution in [-0.2, 0) is 27.1 Å². The Labute approximate surface area is 249 Å². The summed E-state index contributed by atoms with van der Waals surface area (Å²) < 4.78 is 16.5. The van der Waals surface area contributed by atoms with Gasteiger partial charge in [0.1, 0.15) is 18.0 Å². The molecule has 4 atom stereocenters. The van der Waals surface area contributed by atoms with Gasteiger partial charge in [-0.2, -0.15) is 0 Å². The molecular formula is C33H48N2O7. The van der Waals surface area contributed by atoms with Gasteiger partial charge in [-0.15, -0.1) is 0 Å². The van der Waals surface area contributed by atoms with Gasteiger partial charge < -0.3 is 35.1 Å². The van der Waals surface area contributed by atoms with Crippen molar-refractivity contribution >= 4 is 11.9 Å². The number of hydrogen-bond donors (Lipinski definition) is 4. The van der Waals surface area contributed by atoms with Crippen molar-refractivity contribution in [3.05, 3.63) is 65.7 Å². The van der Waals surface area contributed by atoms with Crippen LogP contribution in [0.2, 0.25) is 0 Å². The lowest BCUT2D eigenvalue weighted by Gasteiger charge is -2.28. The van der Waals surface area contributed by atoms with E-state index in [-0.39, 0.29) is 30.8 Å². The third kappa shape index (κ3) is 12.1. The maximum absolute atomic E-state index is 12.6. The van der Waals surface area contributed by atoms with Gasteiger partial charge in [0.05, 0.1) is 18.2 Å². The van der Waals surface area contributed by atoms with Crippen LogP contribution in [0.25, 0.3) is 0 Å². The number of aliphatic hydroxyl groups excluding tert-OH is 2. The zero-order chi connectivity index (χ0) is 30.5. The van der Waals surface area contributed by atoms with E-state index in [4.69, 9.17) is 14.2 Å². The number of amides is 1. The Hall–Kier alpha value is -2.98. The van der Waals surface area contributed by atoms with E-state index in [1.54, 1.807) is 32.9 Å². The first kappa shape index (κ1) is 33.5. The molecule has 1 saturated heterocycles. The molecule has 0 aromatic heterocycles. The quantitative estimate of drug-likeness (QED) is 0.250. The predicted octanol–water partition coefficient (Wildman–Crippen LogP) is 3.69. The van der Waals surface area contributed by atoms with Crippen LogP contribution in [0.5, 0.6) is 5.75 Å². The Bertz CT molecular complexity index is 1080. The molecule has 0 spiro atoms. The fourth-order valence-electron chi connectivity index (χ4n) is 4.85. The summed E-state index contributed by atoms with van der Waals surface area (Å²) in [6.07, 6.45) is 0.401. The van der Waals surface area contributed by atoms with E-state index >= 15 is 0 Å². The largest absolute Gasteiger partial charge is 0.486 e. The first-order valence-corrected chi connectivity index (χ1v) is 14.9. The molecule has 1 fully saturated rings. The number of aliphatic hydroxyl groups is 2. The highest BCUT2D eigenvalue weighted by molar-refractivity contribution is 5.82. The monoisotopic (exact) mass is 584 g/mol. The average molecular weight is 585 g/mol. The fraction of sp³-hybridized carbons (Fsp3) is 0.576. The summed E-state index contributed by atoms with van der Waals surface area (Å²) >= 11 is 0. The number of carbonyl (C=O) groups is 2. The second-order valence-electron chi connectivity index (χ2n) is 12.2. The van der Waals surface area contributed by atoms with Gasteiger partial charge >= 0.3 is 6.09 Å². The molecule has 42 heavy (non-hydrogen) atoms. The van der Waals surface area contributed by atoms with Crippen molar-refractivity contribution in [2.24, 2.45) is 11.8 Å². The van der Waals surface area contributed by atoms with E-state index in [0.717, 1.165) is 30.4 Å². The number of ether oxygens (including phenoxy) is 3. The Morgan fingerprint density at radius 2 is 1.55 bits per heavy atom. The lowest BCUT2D eigenvalue weighted by molar-refractivity contribution is -0.127. The second-order valence-corrected chi connectivity index (χ2v) is 12.2. The highest BCUT2D eigenvalue weighted by Gasteiger charge is 2.26. The second kappa shape index (κ2) is 16.6. The van der Waals surface area contributed by atoms with Crippen molar-refractivity contribution in [3.63, 3.8) is 0 Å². The van der Waals surface area contributed by atoms with Gasteiger partial charge in [-0.25, -0.2) is 4.79 Å². The van der Waals surface area contributed by atoms with Crippen molar-refractivity contribution < 1.29 is 34.0 Å². The topological polar surface area (TPSA) is 126 Å². The number of Topliss-reactive ketones (excluding diaryl/α,β-unsaturated/α-hetero) is 1. The third-order valence-corrected chi connectivity index (χ3v) is 7.37. The number of rotatable bonds is 15. The van der Waals surface area contributed by atoms with E-state index in [9.17, 15) is 19.8 Å². The van der Waals surface area contributed by atoms with Crippen LogP contribution in [0.1, 0.15) is 51.7 Å². The smallest absolute Gasteiger partial charge is 0.407 e. The third-order valence-electron chi connectivity index (χ3n) is 7.37. The molecule has 2 aromatic rings. The van der Waals surface area contributed by atoms with Crippen molar-refractivity contribution in [1.82, 2.24) is 10.6 Å². The summed E-state index contributed by atoms with van der Waals surface area (Å²) in [4.78, 5) is 25.0. The molecule has 4 N–H and O–H groups in total. The Kier molecular flexibility index (Phi) is 13.3. The standard InChI is InChI=1S/C33H48N2O7/c1-23(18-24-8-6-5-7-9-24)29(36)20-34-21-30(37)28(35-32(39)42-33(2,3)4)19-25-10-12-27(13-11-25)41-22-31(38)26-14-16-40-17-15-26/h5-13,23,26,28-30,34,36-37H,14-22H2,1-4H3,(H,35,39). The zero-order valence-electron chi connectivity index (χ0n) is 25.4. The molecule has 1 aliphatic heterocycles. The molecule has 9 nitrogen and oxygen atoms in total. The van der Waals surface area contributed by atoms with Gasteiger partial charge in [-0.1, -0.05) is 49.4 Å². The number of alkyl carbamates (subject to hydrolysis) is 1. The van der Waals surface area contributed by atoms with Gasteiger partial charge in [-0.3, -0.25) is 4.79 Å². The molecule has 0 saturated carbocycles. The summed E-state index contributed by atoms with van der Waals surface area (Å²) in [5.74, 6) is 0.678. The van der Waals surface area contributed by atoms with Crippen LogP contribution in [0.15, 0.2) is 54.6 Å². The van der Waals surface area contributed by atoms with Crippen LogP contribution in [-0.4, -0.2) is 78.9 Å². The molecule has 1 aliphatic rings. The van der Waals surface area contributed by atoms with Crippen LogP contribution >= 0.6 is 0 Å². The zero-order valence-corrected chi connectivity index (χ0v) is 25.4. The van der Waals surface area contributed by atoms with Gasteiger partial charge in [-0.05, 0) is 75.6 Å². The molecule has 0 aliphatic carbocycles. The Morgan fingerprint density at radius 3 is 2.19 bits per heavy atom. The summed E-state index contributed by atoms with van der Waals surface area (Å²) in [5, 5.41) is 27.6. The molecule has 232 valence electrons. The molecule has 1 amide bonds. The number of ketones is 1. The lowest BCUT2D eigenvalue weighted by Crippen LogP contribution is -2.50. The normalized spacial score (nSPS) is 17.1. The molecule has 0 bridgehead atoms. The van der Waals surface area contributed by atoms with E-state index in [1.165, 1.54) is 0 Å². The van der Waals surface area contributed by atoms with E-state index < -0.39 is 29.9 Å². The van der Waals surface area contributed by atoms with Crippen molar-refractivity contribution in [2.75, 3.05) is 32.9 Å². The van der Waals surface area contributed by atoms with Gasteiger partial charge in [0.25, 0.3) is 0 Å². The molecule has 2 aromatic carbocycles. The minimum atomic E-state index is -0.942. The number of nitrogens with one attached hydrogen (secondary N) is 2. The maximum atomic E-state index is 12.6. The van der Waals surface area contributed by atoms with E-state index in [0.29, 0.717) is 31.9 Å². The van der Waals surface area contributed by atoms with Crippen LogP contribution in [0.3, 0.4) is 0 Å². The number of carbonyl (C=O) groups excluding carboxylic acids is 2. The molecule has 4 unspecified atom stereocenters. The van der Waals surface area contributed by atoms with Crippen molar-refractivity contribution in [1.29, 1.82) is 0 Å². The lowest BCUT2D eigenvalue weighted by atomic mass is 9.95. The summed E-state index contributed by atoms with van der Waals surface area (Å²) in [5.41, 5.74) is 1.35. The minimum absolute atomic E-state index is 0.0130.